The van der Waals surface area contributed by atoms with E-state index >= 15 is 0 Å². The highest BCUT2D eigenvalue weighted by molar-refractivity contribution is 4.89. The molecule has 2 N–H and O–H groups in total. The SMILES string of the molecule is CC1CC(C)C(CN2CCN(C3CCCC3)CC2)C(N)C1. The zero-order chi connectivity index (χ0) is 14.8. The van der Waals surface area contributed by atoms with E-state index in [1.165, 1.54) is 71.2 Å². The first kappa shape index (κ1) is 15.8. The average molecular weight is 293 g/mol. The van der Waals surface area contributed by atoms with Crippen LogP contribution in [0, 0.1) is 17.8 Å². The van der Waals surface area contributed by atoms with Gasteiger partial charge in [-0.05, 0) is 43.4 Å². The number of nitrogens with two attached hydrogens (primary N) is 1. The predicted octanol–water partition coefficient (Wildman–Crippen LogP) is 2.56. The molecule has 3 rings (SSSR count). The van der Waals surface area contributed by atoms with Crippen molar-refractivity contribution in [1.82, 2.24) is 9.80 Å². The molecule has 4 atom stereocenters. The summed E-state index contributed by atoms with van der Waals surface area (Å²) in [5, 5.41) is 0. The minimum atomic E-state index is 0.427. The Balaban J connectivity index is 1.46. The smallest absolute Gasteiger partial charge is 0.0113 e. The quantitative estimate of drug-likeness (QED) is 0.868. The third-order valence-corrected chi connectivity index (χ3v) is 6.45. The minimum absolute atomic E-state index is 0.427. The van der Waals surface area contributed by atoms with Crippen LogP contribution in [-0.4, -0.2) is 54.6 Å². The van der Waals surface area contributed by atoms with Gasteiger partial charge >= 0.3 is 0 Å². The van der Waals surface area contributed by atoms with E-state index in [2.05, 4.69) is 23.6 Å². The Morgan fingerprint density at radius 3 is 2.24 bits per heavy atom. The summed E-state index contributed by atoms with van der Waals surface area (Å²) in [6, 6.07) is 1.33. The Bertz CT molecular complexity index is 306. The molecule has 0 amide bonds. The fourth-order valence-corrected chi connectivity index (χ4v) is 5.16. The van der Waals surface area contributed by atoms with Crippen LogP contribution < -0.4 is 5.73 Å². The molecule has 21 heavy (non-hydrogen) atoms. The number of hydrogen-bond acceptors (Lipinski definition) is 3. The molecule has 0 spiro atoms. The minimum Gasteiger partial charge on any atom is -0.327 e. The lowest BCUT2D eigenvalue weighted by Crippen LogP contribution is -2.53. The van der Waals surface area contributed by atoms with Gasteiger partial charge in [0, 0.05) is 44.8 Å². The molecule has 3 nitrogen and oxygen atoms in total. The lowest BCUT2D eigenvalue weighted by atomic mass is 9.72. The van der Waals surface area contributed by atoms with Crippen molar-refractivity contribution in [1.29, 1.82) is 0 Å². The molecule has 0 aromatic heterocycles. The summed E-state index contributed by atoms with van der Waals surface area (Å²) in [4.78, 5) is 5.46. The standard InChI is InChI=1S/C18H35N3/c1-14-11-15(2)17(18(19)12-14)13-20-7-9-21(10-8-20)16-5-3-4-6-16/h14-18H,3-13,19H2,1-2H3. The Kier molecular flexibility index (Phi) is 5.23. The van der Waals surface area contributed by atoms with Crippen molar-refractivity contribution in [3.05, 3.63) is 0 Å². The molecule has 4 unspecified atom stereocenters. The maximum atomic E-state index is 6.47. The highest BCUT2D eigenvalue weighted by Gasteiger charge is 2.34. The van der Waals surface area contributed by atoms with Gasteiger partial charge in [-0.2, -0.15) is 0 Å². The van der Waals surface area contributed by atoms with Crippen molar-refractivity contribution >= 4 is 0 Å². The van der Waals surface area contributed by atoms with E-state index in [1.54, 1.807) is 0 Å². The molecule has 1 heterocycles. The van der Waals surface area contributed by atoms with Gasteiger partial charge < -0.3 is 10.6 Å². The maximum Gasteiger partial charge on any atom is 0.0113 e. The molecule has 0 aromatic carbocycles. The van der Waals surface area contributed by atoms with Gasteiger partial charge in [-0.1, -0.05) is 26.7 Å². The molecule has 122 valence electrons. The van der Waals surface area contributed by atoms with Crippen LogP contribution in [0.15, 0.2) is 0 Å². The summed E-state index contributed by atoms with van der Waals surface area (Å²) in [6.45, 7) is 11.1. The van der Waals surface area contributed by atoms with Crippen molar-refractivity contribution in [3.8, 4) is 0 Å². The topological polar surface area (TPSA) is 32.5 Å². The maximum absolute atomic E-state index is 6.47. The van der Waals surface area contributed by atoms with Gasteiger partial charge in [0.25, 0.3) is 0 Å². The van der Waals surface area contributed by atoms with E-state index in [-0.39, 0.29) is 0 Å². The van der Waals surface area contributed by atoms with E-state index in [1.807, 2.05) is 0 Å². The second kappa shape index (κ2) is 6.97. The van der Waals surface area contributed by atoms with E-state index in [0.717, 1.165) is 23.8 Å². The van der Waals surface area contributed by atoms with Crippen LogP contribution in [-0.2, 0) is 0 Å². The van der Waals surface area contributed by atoms with Gasteiger partial charge in [0.1, 0.15) is 0 Å². The van der Waals surface area contributed by atoms with Gasteiger partial charge in [0.15, 0.2) is 0 Å². The fourth-order valence-electron chi connectivity index (χ4n) is 5.16. The van der Waals surface area contributed by atoms with Crippen LogP contribution in [0.25, 0.3) is 0 Å². The van der Waals surface area contributed by atoms with Gasteiger partial charge in [0.05, 0.1) is 0 Å². The summed E-state index contributed by atoms with van der Waals surface area (Å²) in [5.41, 5.74) is 6.47. The van der Waals surface area contributed by atoms with Gasteiger partial charge in [0.2, 0.25) is 0 Å². The summed E-state index contributed by atoms with van der Waals surface area (Å²) in [6.07, 6.45) is 8.41. The number of rotatable bonds is 3. The van der Waals surface area contributed by atoms with Crippen LogP contribution in [0.4, 0.5) is 0 Å². The number of hydrogen-bond donors (Lipinski definition) is 1. The van der Waals surface area contributed by atoms with Crippen molar-refractivity contribution in [2.75, 3.05) is 32.7 Å². The zero-order valence-electron chi connectivity index (χ0n) is 14.1. The second-order valence-electron chi connectivity index (χ2n) is 8.16. The average Bonchev–Trinajstić information content (AvgIpc) is 2.97. The van der Waals surface area contributed by atoms with E-state index in [4.69, 9.17) is 5.73 Å². The third kappa shape index (κ3) is 3.80. The molecule has 0 radical (unpaired) electrons. The molecular formula is C18H35N3. The lowest BCUT2D eigenvalue weighted by Gasteiger charge is -2.43. The highest BCUT2D eigenvalue weighted by atomic mass is 15.3. The number of piperazine rings is 1. The fraction of sp³-hybridized carbons (Fsp3) is 1.00. The van der Waals surface area contributed by atoms with Crippen LogP contribution in [0.2, 0.25) is 0 Å². The van der Waals surface area contributed by atoms with Crippen LogP contribution >= 0.6 is 0 Å². The molecule has 0 aromatic rings. The number of nitrogens with zero attached hydrogens (tertiary/aromatic N) is 2. The summed E-state index contributed by atoms with van der Waals surface area (Å²) in [7, 11) is 0. The first-order chi connectivity index (χ1) is 10.1. The predicted molar refractivity (Wildman–Crippen MR) is 89.3 cm³/mol. The molecule has 3 heteroatoms. The molecule has 1 aliphatic heterocycles. The third-order valence-electron chi connectivity index (χ3n) is 6.45. The van der Waals surface area contributed by atoms with Crippen LogP contribution in [0.1, 0.15) is 52.4 Å². The van der Waals surface area contributed by atoms with E-state index < -0.39 is 0 Å². The van der Waals surface area contributed by atoms with Gasteiger partial charge in [-0.25, -0.2) is 0 Å². The van der Waals surface area contributed by atoms with Crippen molar-refractivity contribution in [2.24, 2.45) is 23.5 Å². The van der Waals surface area contributed by atoms with Crippen molar-refractivity contribution in [2.45, 2.75) is 64.5 Å². The largest absolute Gasteiger partial charge is 0.327 e. The molecule has 3 aliphatic rings. The Hall–Kier alpha value is -0.120. The summed E-state index contributed by atoms with van der Waals surface area (Å²) >= 11 is 0. The van der Waals surface area contributed by atoms with Gasteiger partial charge in [-0.15, -0.1) is 0 Å². The Labute approximate surface area is 131 Å². The van der Waals surface area contributed by atoms with E-state index in [0.29, 0.717) is 6.04 Å². The zero-order valence-corrected chi connectivity index (χ0v) is 14.1. The molecule has 2 aliphatic carbocycles. The van der Waals surface area contributed by atoms with Crippen LogP contribution in [0.5, 0.6) is 0 Å². The van der Waals surface area contributed by atoms with Crippen molar-refractivity contribution in [3.63, 3.8) is 0 Å². The van der Waals surface area contributed by atoms with Crippen molar-refractivity contribution < 1.29 is 0 Å². The second-order valence-corrected chi connectivity index (χ2v) is 8.16. The highest BCUT2D eigenvalue weighted by Crippen LogP contribution is 2.33. The Morgan fingerprint density at radius 1 is 0.952 bits per heavy atom. The Morgan fingerprint density at radius 2 is 1.62 bits per heavy atom. The lowest BCUT2D eigenvalue weighted by molar-refractivity contribution is 0.0609. The molecule has 3 fully saturated rings. The first-order valence-electron chi connectivity index (χ1n) is 9.35. The summed E-state index contributed by atoms with van der Waals surface area (Å²) in [5.74, 6) is 2.35. The molecule has 2 saturated carbocycles. The molecular weight excluding hydrogens is 258 g/mol. The monoisotopic (exact) mass is 293 g/mol. The van der Waals surface area contributed by atoms with E-state index in [9.17, 15) is 0 Å². The summed E-state index contributed by atoms with van der Waals surface area (Å²) < 4.78 is 0. The van der Waals surface area contributed by atoms with Gasteiger partial charge in [-0.3, -0.25) is 4.90 Å². The normalized spacial score (nSPS) is 40.7. The molecule has 1 saturated heterocycles. The first-order valence-corrected chi connectivity index (χ1v) is 9.35. The van der Waals surface area contributed by atoms with Crippen LogP contribution in [0.3, 0.4) is 0 Å². The molecule has 0 bridgehead atoms.